The monoisotopic (exact) mass is 423 g/mol. The van der Waals surface area contributed by atoms with Crippen LogP contribution in [0.1, 0.15) is 42.4 Å². The van der Waals surface area contributed by atoms with Crippen molar-refractivity contribution in [1.29, 1.82) is 0 Å². The van der Waals surface area contributed by atoms with Crippen molar-refractivity contribution in [2.45, 2.75) is 51.7 Å². The van der Waals surface area contributed by atoms with Gasteiger partial charge in [0.15, 0.2) is 0 Å². The van der Waals surface area contributed by atoms with Gasteiger partial charge in [0.2, 0.25) is 5.91 Å². The summed E-state index contributed by atoms with van der Waals surface area (Å²) in [6.45, 7) is 7.60. The molecule has 4 rings (SSSR count). The Kier molecular flexibility index (Phi) is 7.36. The smallest absolute Gasteiger partial charge is 0.224 e. The molecule has 1 amide bonds. The first-order valence-corrected chi connectivity index (χ1v) is 11.6. The van der Waals surface area contributed by atoms with E-state index in [-0.39, 0.29) is 23.7 Å². The number of carbonyl (C=O) groups excluding carboxylic acids is 1. The number of benzene rings is 2. The van der Waals surface area contributed by atoms with Gasteiger partial charge in [0.25, 0.3) is 0 Å². The van der Waals surface area contributed by atoms with Crippen molar-refractivity contribution in [3.8, 4) is 0 Å². The Bertz CT molecular complexity index is 878. The van der Waals surface area contributed by atoms with E-state index in [9.17, 15) is 9.18 Å². The molecule has 2 aromatic rings. The highest BCUT2D eigenvalue weighted by Crippen LogP contribution is 2.21. The van der Waals surface area contributed by atoms with Gasteiger partial charge in [-0.05, 0) is 62.4 Å². The molecule has 0 spiro atoms. The first kappa shape index (κ1) is 22.0. The molecule has 4 nitrogen and oxygen atoms in total. The summed E-state index contributed by atoms with van der Waals surface area (Å²) >= 11 is 0. The van der Waals surface area contributed by atoms with Gasteiger partial charge in [-0.2, -0.15) is 0 Å². The third kappa shape index (κ3) is 6.37. The van der Waals surface area contributed by atoms with Crippen LogP contribution in [0.3, 0.4) is 0 Å². The zero-order valence-corrected chi connectivity index (χ0v) is 18.5. The van der Waals surface area contributed by atoms with Crippen molar-refractivity contribution in [3.63, 3.8) is 0 Å². The lowest BCUT2D eigenvalue weighted by Crippen LogP contribution is -2.49. The van der Waals surface area contributed by atoms with E-state index in [0.717, 1.165) is 64.0 Å². The van der Waals surface area contributed by atoms with Crippen molar-refractivity contribution in [3.05, 3.63) is 71.0 Å². The summed E-state index contributed by atoms with van der Waals surface area (Å²) < 4.78 is 13.5. The predicted octanol–water partition coefficient (Wildman–Crippen LogP) is 4.13. The molecule has 166 valence electrons. The Labute approximate surface area is 185 Å². The molecular weight excluding hydrogens is 389 g/mol. The van der Waals surface area contributed by atoms with Crippen LogP contribution in [0.2, 0.25) is 0 Å². The van der Waals surface area contributed by atoms with Gasteiger partial charge in [-0.15, -0.1) is 0 Å². The number of carbonyl (C=O) groups is 1. The number of nitrogens with one attached hydrogen (secondary N) is 1. The molecule has 0 aromatic heterocycles. The van der Waals surface area contributed by atoms with E-state index in [2.05, 4.69) is 46.3 Å². The average Bonchev–Trinajstić information content (AvgIpc) is 2.75. The largest absolute Gasteiger partial charge is 0.353 e. The first-order chi connectivity index (χ1) is 15.0. The highest BCUT2D eigenvalue weighted by atomic mass is 19.1. The van der Waals surface area contributed by atoms with E-state index >= 15 is 0 Å². The number of likely N-dealkylation sites (tertiary alicyclic amines) is 2. The first-order valence-electron chi connectivity index (χ1n) is 11.6. The summed E-state index contributed by atoms with van der Waals surface area (Å²) in [6.07, 6.45) is 3.98. The topological polar surface area (TPSA) is 35.6 Å². The minimum Gasteiger partial charge on any atom is -0.353 e. The summed E-state index contributed by atoms with van der Waals surface area (Å²) in [7, 11) is 0. The summed E-state index contributed by atoms with van der Waals surface area (Å²) in [5, 5.41) is 3.32. The predicted molar refractivity (Wildman–Crippen MR) is 122 cm³/mol. The van der Waals surface area contributed by atoms with Crippen LogP contribution in [-0.4, -0.2) is 47.9 Å². The summed E-state index contributed by atoms with van der Waals surface area (Å²) in [5.74, 6) is 0.0336. The Hall–Kier alpha value is -2.24. The van der Waals surface area contributed by atoms with Crippen molar-refractivity contribution < 1.29 is 9.18 Å². The average molecular weight is 424 g/mol. The minimum absolute atomic E-state index is 0.0348. The van der Waals surface area contributed by atoms with Crippen LogP contribution in [-0.2, 0) is 17.9 Å². The van der Waals surface area contributed by atoms with Crippen LogP contribution in [0.5, 0.6) is 0 Å². The van der Waals surface area contributed by atoms with Crippen molar-refractivity contribution in [2.24, 2.45) is 5.92 Å². The molecule has 5 heteroatoms. The highest BCUT2D eigenvalue weighted by molar-refractivity contribution is 5.79. The molecule has 1 atom stereocenters. The molecule has 2 fully saturated rings. The van der Waals surface area contributed by atoms with Gasteiger partial charge in [0, 0.05) is 38.8 Å². The fourth-order valence-corrected chi connectivity index (χ4v) is 4.93. The zero-order chi connectivity index (χ0) is 21.6. The summed E-state index contributed by atoms with van der Waals surface area (Å²) in [6, 6.07) is 15.8. The SMILES string of the molecule is Cc1cccc(CN2CCC(NC(=O)C3CCCN(Cc4cccc(F)c4)C3)CC2)c1. The molecule has 2 saturated heterocycles. The molecule has 0 aliphatic carbocycles. The lowest BCUT2D eigenvalue weighted by atomic mass is 9.95. The molecule has 2 heterocycles. The number of amides is 1. The minimum atomic E-state index is -0.197. The van der Waals surface area contributed by atoms with E-state index < -0.39 is 0 Å². The Morgan fingerprint density at radius 2 is 1.68 bits per heavy atom. The van der Waals surface area contributed by atoms with E-state index in [4.69, 9.17) is 0 Å². The molecule has 31 heavy (non-hydrogen) atoms. The summed E-state index contributed by atoms with van der Waals surface area (Å²) in [5.41, 5.74) is 3.64. The Balaban J connectivity index is 1.22. The van der Waals surface area contributed by atoms with E-state index in [1.165, 1.54) is 17.2 Å². The second-order valence-electron chi connectivity index (χ2n) is 9.25. The summed E-state index contributed by atoms with van der Waals surface area (Å²) in [4.78, 5) is 17.7. The number of rotatable bonds is 6. The quantitative estimate of drug-likeness (QED) is 0.759. The van der Waals surface area contributed by atoms with Gasteiger partial charge in [-0.25, -0.2) is 4.39 Å². The van der Waals surface area contributed by atoms with Gasteiger partial charge in [-0.1, -0.05) is 42.0 Å². The number of hydrogen-bond acceptors (Lipinski definition) is 3. The van der Waals surface area contributed by atoms with Crippen LogP contribution in [0.4, 0.5) is 4.39 Å². The van der Waals surface area contributed by atoms with Crippen LogP contribution in [0.25, 0.3) is 0 Å². The number of halogens is 1. The number of piperidine rings is 2. The maximum absolute atomic E-state index is 13.5. The van der Waals surface area contributed by atoms with E-state index in [0.29, 0.717) is 6.54 Å². The lowest BCUT2D eigenvalue weighted by Gasteiger charge is -2.35. The van der Waals surface area contributed by atoms with Crippen LogP contribution in [0, 0.1) is 18.7 Å². The maximum Gasteiger partial charge on any atom is 0.224 e. The molecular formula is C26H34FN3O. The molecule has 2 aliphatic heterocycles. The standard InChI is InChI=1S/C26H34FN3O/c1-20-5-2-6-21(15-20)17-29-13-10-25(11-14-29)28-26(31)23-8-4-12-30(19-23)18-22-7-3-9-24(27)16-22/h2-3,5-7,9,15-16,23,25H,4,8,10-14,17-19H2,1H3,(H,28,31). The molecule has 2 aromatic carbocycles. The van der Waals surface area contributed by atoms with Gasteiger partial charge < -0.3 is 5.32 Å². The fraction of sp³-hybridized carbons (Fsp3) is 0.500. The van der Waals surface area contributed by atoms with Gasteiger partial charge in [0.1, 0.15) is 5.82 Å². The second-order valence-corrected chi connectivity index (χ2v) is 9.25. The van der Waals surface area contributed by atoms with Crippen molar-refractivity contribution in [2.75, 3.05) is 26.2 Å². The van der Waals surface area contributed by atoms with Gasteiger partial charge in [-0.3, -0.25) is 14.6 Å². The number of aryl methyl sites for hydroxylation is 1. The van der Waals surface area contributed by atoms with E-state index in [1.807, 2.05) is 6.07 Å². The molecule has 0 saturated carbocycles. The third-order valence-corrected chi connectivity index (χ3v) is 6.59. The van der Waals surface area contributed by atoms with Crippen molar-refractivity contribution in [1.82, 2.24) is 15.1 Å². The normalized spacial score (nSPS) is 21.2. The molecule has 0 bridgehead atoms. The molecule has 2 aliphatic rings. The van der Waals surface area contributed by atoms with Crippen LogP contribution in [0.15, 0.2) is 48.5 Å². The molecule has 1 unspecified atom stereocenters. The highest BCUT2D eigenvalue weighted by Gasteiger charge is 2.28. The van der Waals surface area contributed by atoms with Crippen molar-refractivity contribution >= 4 is 5.91 Å². The van der Waals surface area contributed by atoms with Crippen LogP contribution < -0.4 is 5.32 Å². The van der Waals surface area contributed by atoms with E-state index in [1.54, 1.807) is 12.1 Å². The Morgan fingerprint density at radius 3 is 2.42 bits per heavy atom. The maximum atomic E-state index is 13.5. The molecule has 0 radical (unpaired) electrons. The Morgan fingerprint density at radius 1 is 0.968 bits per heavy atom. The zero-order valence-electron chi connectivity index (χ0n) is 18.5. The van der Waals surface area contributed by atoms with Gasteiger partial charge >= 0.3 is 0 Å². The third-order valence-electron chi connectivity index (χ3n) is 6.59. The second kappa shape index (κ2) is 10.4. The van der Waals surface area contributed by atoms with Gasteiger partial charge in [0.05, 0.1) is 5.92 Å². The number of hydrogen-bond donors (Lipinski definition) is 1. The number of nitrogens with zero attached hydrogens (tertiary/aromatic N) is 2. The fourth-order valence-electron chi connectivity index (χ4n) is 4.93. The van der Waals surface area contributed by atoms with Crippen LogP contribution >= 0.6 is 0 Å². The lowest BCUT2D eigenvalue weighted by molar-refractivity contribution is -0.127. The molecule has 1 N–H and O–H groups in total.